The zero-order valence-electron chi connectivity index (χ0n) is 8.12. The summed E-state index contributed by atoms with van der Waals surface area (Å²) in [5.41, 5.74) is 2.44. The van der Waals surface area contributed by atoms with Gasteiger partial charge in [-0.3, -0.25) is 0 Å². The van der Waals surface area contributed by atoms with Gasteiger partial charge >= 0.3 is 0 Å². The molecule has 0 spiro atoms. The molecule has 0 aliphatic carbocycles. The van der Waals surface area contributed by atoms with Gasteiger partial charge in [0.15, 0.2) is 0 Å². The van der Waals surface area contributed by atoms with E-state index in [1.54, 1.807) is 0 Å². The standard InChI is InChI=1S/C12H8INS/c1-7-2-3-9-8(6-7)12-10(15-9)4-5-11(13)14-12/h2-6H,1H3. The molecule has 0 atom stereocenters. The Balaban J connectivity index is 2.55. The third-order valence-electron chi connectivity index (χ3n) is 2.43. The van der Waals surface area contributed by atoms with Crippen LogP contribution in [0, 0.1) is 10.6 Å². The molecular formula is C12H8INS. The summed E-state index contributed by atoms with van der Waals surface area (Å²) in [5.74, 6) is 0. The number of fused-ring (bicyclic) bond motifs is 3. The number of benzene rings is 1. The van der Waals surface area contributed by atoms with Gasteiger partial charge in [0.05, 0.1) is 10.2 Å². The second kappa shape index (κ2) is 3.42. The number of aryl methyl sites for hydroxylation is 1. The molecule has 0 N–H and O–H groups in total. The summed E-state index contributed by atoms with van der Waals surface area (Å²) in [6.07, 6.45) is 0. The average molecular weight is 325 g/mol. The van der Waals surface area contributed by atoms with E-state index in [1.165, 1.54) is 20.3 Å². The van der Waals surface area contributed by atoms with Gasteiger partial charge in [0.25, 0.3) is 0 Å². The van der Waals surface area contributed by atoms with Crippen LogP contribution in [0.4, 0.5) is 0 Å². The molecule has 0 saturated carbocycles. The predicted octanol–water partition coefficient (Wildman–Crippen LogP) is 4.36. The predicted molar refractivity (Wildman–Crippen MR) is 74.6 cm³/mol. The molecule has 15 heavy (non-hydrogen) atoms. The summed E-state index contributed by atoms with van der Waals surface area (Å²) in [7, 11) is 0. The van der Waals surface area contributed by atoms with E-state index in [1.807, 2.05) is 11.3 Å². The molecule has 0 unspecified atom stereocenters. The van der Waals surface area contributed by atoms with Crippen molar-refractivity contribution in [3.8, 4) is 0 Å². The van der Waals surface area contributed by atoms with Crippen molar-refractivity contribution >= 4 is 54.2 Å². The SMILES string of the molecule is Cc1ccc2sc3ccc(I)nc3c2c1. The second-order valence-corrected chi connectivity index (χ2v) is 5.77. The van der Waals surface area contributed by atoms with E-state index in [4.69, 9.17) is 0 Å². The lowest BCUT2D eigenvalue weighted by molar-refractivity contribution is 1.36. The van der Waals surface area contributed by atoms with Crippen LogP contribution >= 0.6 is 33.9 Å². The van der Waals surface area contributed by atoms with Crippen LogP contribution in [0.2, 0.25) is 0 Å². The lowest BCUT2D eigenvalue weighted by Gasteiger charge is -1.93. The van der Waals surface area contributed by atoms with Gasteiger partial charge < -0.3 is 0 Å². The van der Waals surface area contributed by atoms with Crippen molar-refractivity contribution in [2.75, 3.05) is 0 Å². The molecule has 2 aromatic heterocycles. The third kappa shape index (κ3) is 1.54. The van der Waals surface area contributed by atoms with Crippen molar-refractivity contribution in [1.82, 2.24) is 4.98 Å². The van der Waals surface area contributed by atoms with Gasteiger partial charge in [0.2, 0.25) is 0 Å². The Kier molecular flexibility index (Phi) is 2.17. The van der Waals surface area contributed by atoms with Gasteiger partial charge in [0.1, 0.15) is 3.70 Å². The fraction of sp³-hybridized carbons (Fsp3) is 0.0833. The molecule has 0 aliphatic heterocycles. The zero-order valence-corrected chi connectivity index (χ0v) is 11.1. The molecular weight excluding hydrogens is 317 g/mol. The number of hydrogen-bond acceptors (Lipinski definition) is 2. The highest BCUT2D eigenvalue weighted by molar-refractivity contribution is 14.1. The number of rotatable bonds is 0. The molecule has 0 amide bonds. The van der Waals surface area contributed by atoms with Crippen molar-refractivity contribution in [3.63, 3.8) is 0 Å². The fourth-order valence-corrected chi connectivity index (χ4v) is 3.18. The Hall–Kier alpha value is -0.680. The zero-order chi connectivity index (χ0) is 10.4. The average Bonchev–Trinajstić information content (AvgIpc) is 2.56. The molecule has 3 rings (SSSR count). The molecule has 1 aromatic carbocycles. The highest BCUT2D eigenvalue weighted by Gasteiger charge is 2.06. The maximum absolute atomic E-state index is 4.60. The van der Waals surface area contributed by atoms with Gasteiger partial charge in [-0.25, -0.2) is 4.98 Å². The summed E-state index contributed by atoms with van der Waals surface area (Å²) < 4.78 is 3.66. The second-order valence-electron chi connectivity index (χ2n) is 3.58. The quantitative estimate of drug-likeness (QED) is 0.442. The molecule has 2 heterocycles. The fourth-order valence-electron chi connectivity index (χ4n) is 1.73. The van der Waals surface area contributed by atoms with Crippen LogP contribution in [-0.4, -0.2) is 4.98 Å². The molecule has 0 radical (unpaired) electrons. The third-order valence-corrected chi connectivity index (χ3v) is 4.16. The number of aromatic nitrogens is 1. The van der Waals surface area contributed by atoms with E-state index in [-0.39, 0.29) is 0 Å². The van der Waals surface area contributed by atoms with Gasteiger partial charge in [-0.05, 0) is 53.8 Å². The van der Waals surface area contributed by atoms with E-state index in [0.29, 0.717) is 0 Å². The van der Waals surface area contributed by atoms with Crippen molar-refractivity contribution < 1.29 is 0 Å². The molecule has 0 aliphatic rings. The van der Waals surface area contributed by atoms with Crippen LogP contribution in [-0.2, 0) is 0 Å². The van der Waals surface area contributed by atoms with Crippen LogP contribution in [0.3, 0.4) is 0 Å². The molecule has 3 heteroatoms. The van der Waals surface area contributed by atoms with Crippen molar-refractivity contribution in [1.29, 1.82) is 0 Å². The molecule has 74 valence electrons. The minimum absolute atomic E-state index is 1.06. The van der Waals surface area contributed by atoms with Crippen molar-refractivity contribution in [3.05, 3.63) is 39.6 Å². The van der Waals surface area contributed by atoms with Crippen LogP contribution in [0.15, 0.2) is 30.3 Å². The minimum atomic E-state index is 1.06. The summed E-state index contributed by atoms with van der Waals surface area (Å²) >= 11 is 4.07. The number of hydrogen-bond donors (Lipinski definition) is 0. The van der Waals surface area contributed by atoms with Gasteiger partial charge in [-0.1, -0.05) is 11.6 Å². The van der Waals surface area contributed by atoms with Gasteiger partial charge in [0, 0.05) is 10.1 Å². The molecule has 0 bridgehead atoms. The monoisotopic (exact) mass is 325 g/mol. The highest BCUT2D eigenvalue weighted by atomic mass is 127. The molecule has 0 fully saturated rings. The minimum Gasteiger partial charge on any atom is -0.240 e. The van der Waals surface area contributed by atoms with E-state index < -0.39 is 0 Å². The van der Waals surface area contributed by atoms with E-state index >= 15 is 0 Å². The Morgan fingerprint density at radius 1 is 1.13 bits per heavy atom. The maximum atomic E-state index is 4.60. The van der Waals surface area contributed by atoms with Crippen molar-refractivity contribution in [2.45, 2.75) is 6.92 Å². The maximum Gasteiger partial charge on any atom is 0.102 e. The molecule has 1 nitrogen and oxygen atoms in total. The largest absolute Gasteiger partial charge is 0.240 e. The number of pyridine rings is 1. The first-order valence-corrected chi connectivity index (χ1v) is 6.59. The van der Waals surface area contributed by atoms with Gasteiger partial charge in [-0.2, -0.15) is 0 Å². The van der Waals surface area contributed by atoms with Crippen LogP contribution in [0.1, 0.15) is 5.56 Å². The Morgan fingerprint density at radius 2 is 1.93 bits per heavy atom. The molecule has 3 aromatic rings. The number of halogens is 1. The van der Waals surface area contributed by atoms with Crippen LogP contribution < -0.4 is 0 Å². The lowest BCUT2D eigenvalue weighted by Crippen LogP contribution is -1.78. The lowest BCUT2D eigenvalue weighted by atomic mass is 10.2. The normalized spacial score (nSPS) is 11.3. The van der Waals surface area contributed by atoms with E-state index in [0.717, 1.165) is 9.22 Å². The van der Waals surface area contributed by atoms with Crippen molar-refractivity contribution in [2.24, 2.45) is 0 Å². The van der Waals surface area contributed by atoms with Crippen LogP contribution in [0.25, 0.3) is 20.3 Å². The van der Waals surface area contributed by atoms with E-state index in [2.05, 4.69) is 64.8 Å². The Morgan fingerprint density at radius 3 is 2.80 bits per heavy atom. The first kappa shape index (κ1) is 9.54. The number of thiophene rings is 1. The Labute approximate surface area is 105 Å². The first-order valence-electron chi connectivity index (χ1n) is 4.69. The summed E-state index contributed by atoms with van der Waals surface area (Å²) in [5, 5.41) is 1.29. The Bertz CT molecular complexity index is 601. The molecule has 0 saturated heterocycles. The smallest absolute Gasteiger partial charge is 0.102 e. The topological polar surface area (TPSA) is 12.9 Å². The summed E-state index contributed by atoms with van der Waals surface area (Å²) in [4.78, 5) is 4.60. The summed E-state index contributed by atoms with van der Waals surface area (Å²) in [6, 6.07) is 10.8. The number of nitrogens with zero attached hydrogens (tertiary/aromatic N) is 1. The van der Waals surface area contributed by atoms with Crippen LogP contribution in [0.5, 0.6) is 0 Å². The van der Waals surface area contributed by atoms with Gasteiger partial charge in [-0.15, -0.1) is 11.3 Å². The highest BCUT2D eigenvalue weighted by Crippen LogP contribution is 2.33. The first-order chi connectivity index (χ1) is 7.24. The summed E-state index contributed by atoms with van der Waals surface area (Å²) in [6.45, 7) is 2.12. The van der Waals surface area contributed by atoms with E-state index in [9.17, 15) is 0 Å².